The van der Waals surface area contributed by atoms with E-state index in [1.807, 2.05) is 0 Å². The van der Waals surface area contributed by atoms with Crippen LogP contribution in [-0.2, 0) is 20.8 Å². The number of rotatable bonds is 0. The quantitative estimate of drug-likeness (QED) is 0.223. The van der Waals surface area contributed by atoms with Gasteiger partial charge >= 0.3 is 29.2 Å². The summed E-state index contributed by atoms with van der Waals surface area (Å²) in [6.45, 7) is 0. The van der Waals surface area contributed by atoms with E-state index in [2.05, 4.69) is 0 Å². The fourth-order valence-electron chi connectivity index (χ4n) is 0. The largest absolute Gasteiger partial charge is 4.00 e. The van der Waals surface area contributed by atoms with E-state index < -0.39 is 20.8 Å². The van der Waals surface area contributed by atoms with Crippen LogP contribution in [0.2, 0.25) is 0 Å². The normalized spacial score (nSPS) is 7.73. The second kappa shape index (κ2) is 17.0. The summed E-state index contributed by atoms with van der Waals surface area (Å²) in [4.78, 5) is 0. The Bertz CT molecular complexity index is 210. The van der Waals surface area contributed by atoms with Crippen LogP contribution in [-0.4, -0.2) is 57.0 Å². The van der Waals surface area contributed by atoms with E-state index in [-0.39, 0.29) is 51.1 Å². The van der Waals surface area contributed by atoms with Gasteiger partial charge in [0.1, 0.15) is 0 Å². The average Bonchev–Trinajstić information content (AvgIpc) is 1.12. The van der Waals surface area contributed by atoms with Crippen LogP contribution >= 0.6 is 0 Å². The van der Waals surface area contributed by atoms with Crippen molar-refractivity contribution in [3.8, 4) is 0 Å². The SMILES string of the molecule is O.O.O.O.O=S(=O)([O-])[O-].O=S(=O)([O-])[O-].[Pu+4]. The van der Waals surface area contributed by atoms with Gasteiger partial charge in [0.2, 0.25) is 0 Å². The molecule has 0 aliphatic rings. The third-order valence-corrected chi connectivity index (χ3v) is 0. The molecule has 0 saturated heterocycles. The predicted molar refractivity (Wildman–Crippen MR) is 35.4 cm³/mol. The van der Waals surface area contributed by atoms with Crippen molar-refractivity contribution in [2.45, 2.75) is 0 Å². The Morgan fingerprint density at radius 2 is 0.533 bits per heavy atom. The minimum absolute atomic E-state index is 0. The molecule has 0 spiro atoms. The van der Waals surface area contributed by atoms with Crippen molar-refractivity contribution in [2.24, 2.45) is 0 Å². The van der Waals surface area contributed by atoms with Crippen molar-refractivity contribution in [1.82, 2.24) is 0 Å². The minimum atomic E-state index is -5.17. The molecule has 0 unspecified atom stereocenters. The first-order valence-electron chi connectivity index (χ1n) is 1.33. The third-order valence-electron chi connectivity index (χ3n) is 0. The monoisotopic (exact) mass is 502 g/mol. The van der Waals surface area contributed by atoms with Gasteiger partial charge < -0.3 is 40.1 Å². The van der Waals surface area contributed by atoms with Crippen molar-refractivity contribution < 1.29 is 86.1 Å². The van der Waals surface area contributed by atoms with Crippen LogP contribution in [0.5, 0.6) is 0 Å². The molecule has 0 aromatic heterocycles. The van der Waals surface area contributed by atoms with Crippen molar-refractivity contribution in [3.05, 3.63) is 0 Å². The Labute approximate surface area is 107 Å². The van der Waals surface area contributed by atoms with Crippen LogP contribution in [0.15, 0.2) is 0 Å². The minimum Gasteiger partial charge on any atom is -0.759 e. The molecule has 0 fully saturated rings. The summed E-state index contributed by atoms with van der Waals surface area (Å²) in [7, 11) is -10.3. The molecular weight excluding hydrogens is 500 g/mol. The Balaban J connectivity index is -0.0000000128. The van der Waals surface area contributed by atoms with Crippen LogP contribution in [0, 0.1) is 29.2 Å². The molecule has 0 aliphatic heterocycles. The van der Waals surface area contributed by atoms with E-state index >= 15 is 0 Å². The molecule has 0 aromatic rings. The van der Waals surface area contributed by atoms with E-state index in [0.29, 0.717) is 0 Å². The van der Waals surface area contributed by atoms with Crippen molar-refractivity contribution in [2.75, 3.05) is 0 Å². The zero-order valence-corrected chi connectivity index (χ0v) is 11.5. The molecule has 0 radical (unpaired) electrons. The molecule has 0 bridgehead atoms. The van der Waals surface area contributed by atoms with Gasteiger partial charge in [0.25, 0.3) is 0 Å². The maximum atomic E-state index is 8.52. The van der Waals surface area contributed by atoms with Gasteiger partial charge in [-0.3, -0.25) is 16.8 Å². The molecule has 8 N–H and O–H groups in total. The van der Waals surface area contributed by atoms with E-state index in [1.165, 1.54) is 0 Å². The van der Waals surface area contributed by atoms with Crippen LogP contribution in [0.25, 0.3) is 0 Å². The number of hydrogen-bond donors (Lipinski definition) is 0. The van der Waals surface area contributed by atoms with Gasteiger partial charge in [-0.2, -0.15) is 0 Å². The second-order valence-electron chi connectivity index (χ2n) is 0.816. The van der Waals surface area contributed by atoms with Crippen molar-refractivity contribution in [3.63, 3.8) is 0 Å². The topological polar surface area (TPSA) is 287 Å². The molecular formula is H8O12PuS2. The summed E-state index contributed by atoms with van der Waals surface area (Å²) in [6.07, 6.45) is 0. The standard InChI is InChI=1S/2H2O4S.4H2O.Pu/c2*1-5(2,3)4;;;;;/h2*(H2,1,2,3,4);4*1H2;/q;;;;;;+4/p-4. The van der Waals surface area contributed by atoms with Gasteiger partial charge in [0.15, 0.2) is 0 Å². The Morgan fingerprint density at radius 3 is 0.533 bits per heavy atom. The summed E-state index contributed by atoms with van der Waals surface area (Å²) in [5.74, 6) is 0. The molecule has 15 heavy (non-hydrogen) atoms. The van der Waals surface area contributed by atoms with Gasteiger partial charge in [0.05, 0.1) is 0 Å². The molecule has 0 heterocycles. The fourth-order valence-corrected chi connectivity index (χ4v) is 0. The molecule has 12 nitrogen and oxygen atoms in total. The first-order valence-corrected chi connectivity index (χ1v) is 4.00. The fraction of sp³-hybridized carbons (Fsp3) is 0. The zero-order chi connectivity index (χ0) is 9.00. The van der Waals surface area contributed by atoms with Gasteiger partial charge in [-0.05, 0) is 0 Å². The summed E-state index contributed by atoms with van der Waals surface area (Å²) >= 11 is 0. The first-order chi connectivity index (χ1) is 4.00. The van der Waals surface area contributed by atoms with Crippen LogP contribution in [0.1, 0.15) is 0 Å². The molecule has 15 heteroatoms. The Kier molecular flexibility index (Phi) is 50.9. The van der Waals surface area contributed by atoms with Gasteiger partial charge in [-0.15, -0.1) is 0 Å². The molecule has 0 rings (SSSR count). The van der Waals surface area contributed by atoms with Gasteiger partial charge in [-0.1, -0.05) is 0 Å². The summed E-state index contributed by atoms with van der Waals surface area (Å²) in [5, 5.41) is 0. The van der Waals surface area contributed by atoms with Crippen LogP contribution in [0.3, 0.4) is 0 Å². The zero-order valence-electron chi connectivity index (χ0n) is 6.49. The van der Waals surface area contributed by atoms with Crippen LogP contribution in [0.4, 0.5) is 0 Å². The van der Waals surface area contributed by atoms with E-state index in [1.54, 1.807) is 0 Å². The molecule has 0 aromatic carbocycles. The summed E-state index contributed by atoms with van der Waals surface area (Å²) in [6, 6.07) is 0. The first kappa shape index (κ1) is 45.0. The average molecular weight is 508 g/mol. The Morgan fingerprint density at radius 1 is 0.533 bits per heavy atom. The molecule has 0 atom stereocenters. The second-order valence-corrected chi connectivity index (χ2v) is 2.45. The van der Waals surface area contributed by atoms with Gasteiger partial charge in [-0.25, -0.2) is 0 Å². The van der Waals surface area contributed by atoms with E-state index in [0.717, 1.165) is 0 Å². The maximum absolute atomic E-state index is 8.52. The maximum Gasteiger partial charge on any atom is 4.00 e. The molecule has 0 amide bonds. The van der Waals surface area contributed by atoms with Crippen molar-refractivity contribution in [1.29, 1.82) is 0 Å². The van der Waals surface area contributed by atoms with E-state index in [4.69, 9.17) is 35.0 Å². The van der Waals surface area contributed by atoms with Crippen molar-refractivity contribution >= 4 is 20.8 Å². The molecule has 98 valence electrons. The summed E-state index contributed by atoms with van der Waals surface area (Å²) < 4.78 is 68.2. The third kappa shape index (κ3) is 7160. The number of hydrogen-bond acceptors (Lipinski definition) is 8. The van der Waals surface area contributed by atoms with Gasteiger partial charge in [0, 0.05) is 20.8 Å². The van der Waals surface area contributed by atoms with Crippen LogP contribution < -0.4 is 0 Å². The molecule has 0 aliphatic carbocycles. The smallest absolute Gasteiger partial charge is 0.759 e. The molecule has 0 saturated carbocycles. The Hall–Kier alpha value is 0.567. The van der Waals surface area contributed by atoms with E-state index in [9.17, 15) is 0 Å². The predicted octanol–water partition coefficient (Wildman–Crippen LogP) is -5.97. The summed E-state index contributed by atoms with van der Waals surface area (Å²) in [5.41, 5.74) is 0.